The summed E-state index contributed by atoms with van der Waals surface area (Å²) in [7, 11) is 1.60. The van der Waals surface area contributed by atoms with Crippen LogP contribution >= 0.6 is 0 Å². The van der Waals surface area contributed by atoms with Crippen LogP contribution < -0.4 is 14.8 Å². The van der Waals surface area contributed by atoms with E-state index in [9.17, 15) is 9.90 Å². The minimum absolute atomic E-state index is 0.00491. The van der Waals surface area contributed by atoms with Gasteiger partial charge >= 0.3 is 0 Å². The molecule has 0 aromatic heterocycles. The summed E-state index contributed by atoms with van der Waals surface area (Å²) in [5, 5.41) is 13.4. The van der Waals surface area contributed by atoms with Gasteiger partial charge in [0.15, 0.2) is 11.5 Å². The van der Waals surface area contributed by atoms with Crippen LogP contribution in [0.2, 0.25) is 0 Å². The molecule has 1 aliphatic rings. The van der Waals surface area contributed by atoms with Crippen molar-refractivity contribution < 1.29 is 19.4 Å². The number of para-hydroxylation sites is 2. The lowest BCUT2D eigenvalue weighted by Crippen LogP contribution is -2.50. The number of methoxy groups -OCH3 is 1. The van der Waals surface area contributed by atoms with Gasteiger partial charge in [0.05, 0.1) is 13.7 Å². The van der Waals surface area contributed by atoms with Crippen LogP contribution in [-0.4, -0.2) is 79.9 Å². The molecule has 0 radical (unpaired) electrons. The van der Waals surface area contributed by atoms with Crippen molar-refractivity contribution in [2.75, 3.05) is 58.3 Å². The minimum atomic E-state index is -0.594. The van der Waals surface area contributed by atoms with E-state index >= 15 is 0 Å². The van der Waals surface area contributed by atoms with E-state index in [1.54, 1.807) is 7.11 Å². The van der Waals surface area contributed by atoms with Gasteiger partial charge in [-0.1, -0.05) is 38.1 Å². The lowest BCUT2D eigenvalue weighted by molar-refractivity contribution is -0.117. The molecule has 2 aromatic rings. The molecule has 2 aromatic carbocycles. The molecule has 0 aliphatic carbocycles. The summed E-state index contributed by atoms with van der Waals surface area (Å²) >= 11 is 0. The van der Waals surface area contributed by atoms with E-state index in [2.05, 4.69) is 41.1 Å². The number of hydrogen-bond acceptors (Lipinski definition) is 6. The second-order valence-electron chi connectivity index (χ2n) is 9.04. The largest absolute Gasteiger partial charge is 0.493 e. The predicted molar refractivity (Wildman–Crippen MR) is 131 cm³/mol. The van der Waals surface area contributed by atoms with Crippen molar-refractivity contribution in [2.24, 2.45) is 5.92 Å². The quantitative estimate of drug-likeness (QED) is 0.543. The van der Waals surface area contributed by atoms with Crippen LogP contribution in [0.15, 0.2) is 48.5 Å². The highest BCUT2D eigenvalue weighted by Crippen LogP contribution is 2.25. The second-order valence-corrected chi connectivity index (χ2v) is 9.04. The summed E-state index contributed by atoms with van der Waals surface area (Å²) in [6.07, 6.45) is 0.447. The van der Waals surface area contributed by atoms with Crippen LogP contribution in [0.5, 0.6) is 11.5 Å². The highest BCUT2D eigenvalue weighted by atomic mass is 16.5. The fraction of sp³-hybridized carbons (Fsp3) is 0.500. The van der Waals surface area contributed by atoms with E-state index in [4.69, 9.17) is 9.47 Å². The van der Waals surface area contributed by atoms with Gasteiger partial charge in [-0.25, -0.2) is 0 Å². The topological polar surface area (TPSA) is 74.3 Å². The van der Waals surface area contributed by atoms with E-state index in [0.29, 0.717) is 30.5 Å². The van der Waals surface area contributed by atoms with E-state index < -0.39 is 6.10 Å². The van der Waals surface area contributed by atoms with E-state index in [-0.39, 0.29) is 12.5 Å². The Labute approximate surface area is 197 Å². The smallest absolute Gasteiger partial charge is 0.238 e. The molecule has 1 amide bonds. The summed E-state index contributed by atoms with van der Waals surface area (Å²) in [4.78, 5) is 16.8. The van der Waals surface area contributed by atoms with Gasteiger partial charge in [-0.05, 0) is 42.2 Å². The number of benzene rings is 2. The molecule has 1 atom stereocenters. The number of carbonyl (C=O) groups is 1. The SMILES string of the molecule is COc1ccccc1OCC(O)CN1CCN(CC(=O)Nc2ccc(CC(C)C)cc2)CC1. The molecule has 3 rings (SSSR count). The number of amides is 1. The number of piperazine rings is 1. The number of β-amino-alcohol motifs (C(OH)–C–C–N with tert-alkyl or cyclic N) is 1. The number of rotatable bonds is 11. The fourth-order valence-corrected chi connectivity index (χ4v) is 4.00. The molecular formula is C26H37N3O4. The molecule has 1 fully saturated rings. The fourth-order valence-electron chi connectivity index (χ4n) is 4.00. The van der Waals surface area contributed by atoms with Crippen LogP contribution in [0.1, 0.15) is 19.4 Å². The van der Waals surface area contributed by atoms with Gasteiger partial charge in [-0.2, -0.15) is 0 Å². The Morgan fingerprint density at radius 1 is 1.00 bits per heavy atom. The first-order valence-corrected chi connectivity index (χ1v) is 11.7. The first kappa shape index (κ1) is 25.0. The van der Waals surface area contributed by atoms with Crippen LogP contribution in [0.25, 0.3) is 0 Å². The maximum absolute atomic E-state index is 12.4. The molecule has 0 bridgehead atoms. The lowest BCUT2D eigenvalue weighted by Gasteiger charge is -2.35. The van der Waals surface area contributed by atoms with Crippen molar-refractivity contribution in [2.45, 2.75) is 26.4 Å². The molecule has 1 unspecified atom stereocenters. The van der Waals surface area contributed by atoms with Crippen molar-refractivity contribution in [1.82, 2.24) is 9.80 Å². The zero-order valence-electron chi connectivity index (χ0n) is 20.0. The summed E-state index contributed by atoms with van der Waals surface area (Å²) in [5.41, 5.74) is 2.12. The molecule has 0 spiro atoms. The minimum Gasteiger partial charge on any atom is -0.493 e. The molecule has 1 saturated heterocycles. The predicted octanol–water partition coefficient (Wildman–Crippen LogP) is 2.89. The standard InChI is InChI=1S/C26H37N3O4/c1-20(2)16-21-8-10-22(11-9-21)27-26(31)18-29-14-12-28(13-15-29)17-23(30)19-33-25-7-5-4-6-24(25)32-3/h4-11,20,23,30H,12-19H2,1-3H3,(H,27,31). The normalized spacial score (nSPS) is 15.9. The Bertz CT molecular complexity index is 864. The van der Waals surface area contributed by atoms with Crippen LogP contribution in [0, 0.1) is 5.92 Å². The maximum atomic E-state index is 12.4. The first-order valence-electron chi connectivity index (χ1n) is 11.7. The lowest BCUT2D eigenvalue weighted by atomic mass is 10.0. The monoisotopic (exact) mass is 455 g/mol. The van der Waals surface area contributed by atoms with Crippen molar-refractivity contribution in [3.05, 3.63) is 54.1 Å². The van der Waals surface area contributed by atoms with Gasteiger partial charge in [-0.3, -0.25) is 14.6 Å². The first-order chi connectivity index (χ1) is 15.9. The van der Waals surface area contributed by atoms with Gasteiger partial charge < -0.3 is 19.9 Å². The Kier molecular flexibility index (Phi) is 9.54. The van der Waals surface area contributed by atoms with Gasteiger partial charge in [0, 0.05) is 38.4 Å². The van der Waals surface area contributed by atoms with E-state index in [0.717, 1.165) is 38.3 Å². The number of hydrogen-bond donors (Lipinski definition) is 2. The Morgan fingerprint density at radius 2 is 1.64 bits per heavy atom. The average molecular weight is 456 g/mol. The number of carbonyl (C=O) groups excluding carboxylic acids is 1. The van der Waals surface area contributed by atoms with Crippen molar-refractivity contribution >= 4 is 11.6 Å². The molecule has 7 heteroatoms. The molecular weight excluding hydrogens is 418 g/mol. The number of aliphatic hydroxyl groups is 1. The average Bonchev–Trinajstić information content (AvgIpc) is 2.80. The molecule has 1 heterocycles. The van der Waals surface area contributed by atoms with Crippen molar-refractivity contribution in [3.8, 4) is 11.5 Å². The molecule has 7 nitrogen and oxygen atoms in total. The molecule has 1 aliphatic heterocycles. The molecule has 180 valence electrons. The van der Waals surface area contributed by atoms with Gasteiger partial charge in [0.25, 0.3) is 0 Å². The van der Waals surface area contributed by atoms with Crippen LogP contribution in [0.3, 0.4) is 0 Å². The molecule has 33 heavy (non-hydrogen) atoms. The second kappa shape index (κ2) is 12.6. The summed E-state index contributed by atoms with van der Waals surface area (Å²) in [6, 6.07) is 15.5. The highest BCUT2D eigenvalue weighted by molar-refractivity contribution is 5.92. The van der Waals surface area contributed by atoms with Crippen molar-refractivity contribution in [1.29, 1.82) is 0 Å². The Balaban J connectivity index is 1.35. The molecule has 2 N–H and O–H groups in total. The number of nitrogens with one attached hydrogen (secondary N) is 1. The highest BCUT2D eigenvalue weighted by Gasteiger charge is 2.21. The Morgan fingerprint density at radius 3 is 2.27 bits per heavy atom. The third-order valence-electron chi connectivity index (χ3n) is 5.68. The zero-order valence-corrected chi connectivity index (χ0v) is 20.0. The van der Waals surface area contributed by atoms with E-state index in [1.807, 2.05) is 36.4 Å². The van der Waals surface area contributed by atoms with Crippen LogP contribution in [-0.2, 0) is 11.2 Å². The summed E-state index contributed by atoms with van der Waals surface area (Å²) < 4.78 is 11.0. The van der Waals surface area contributed by atoms with Gasteiger partial charge in [-0.15, -0.1) is 0 Å². The van der Waals surface area contributed by atoms with Crippen LogP contribution in [0.4, 0.5) is 5.69 Å². The maximum Gasteiger partial charge on any atom is 0.238 e. The van der Waals surface area contributed by atoms with Crippen molar-refractivity contribution in [3.63, 3.8) is 0 Å². The van der Waals surface area contributed by atoms with Gasteiger partial charge in [0.1, 0.15) is 12.7 Å². The van der Waals surface area contributed by atoms with E-state index in [1.165, 1.54) is 5.56 Å². The van der Waals surface area contributed by atoms with Gasteiger partial charge in [0.2, 0.25) is 5.91 Å². The molecule has 0 saturated carbocycles. The number of ether oxygens (including phenoxy) is 2. The number of nitrogens with zero attached hydrogens (tertiary/aromatic N) is 2. The Hall–Kier alpha value is -2.61. The summed E-state index contributed by atoms with van der Waals surface area (Å²) in [6.45, 7) is 8.73. The zero-order chi connectivity index (χ0) is 23.6. The third kappa shape index (κ3) is 8.35. The summed E-state index contributed by atoms with van der Waals surface area (Å²) in [5.74, 6) is 1.91. The number of aliphatic hydroxyl groups excluding tert-OH is 1. The number of anilines is 1. The third-order valence-corrected chi connectivity index (χ3v) is 5.68.